The third-order valence-corrected chi connectivity index (χ3v) is 6.62. The first-order chi connectivity index (χ1) is 17.2. The highest BCUT2D eigenvalue weighted by Gasteiger charge is 2.21. The van der Waals surface area contributed by atoms with Crippen LogP contribution in [0.4, 0.5) is 0 Å². The molecule has 0 saturated heterocycles. The molecule has 5 rings (SSSR count). The van der Waals surface area contributed by atoms with E-state index < -0.39 is 0 Å². The maximum atomic E-state index is 13.4. The lowest BCUT2D eigenvalue weighted by atomic mass is 9.86. The van der Waals surface area contributed by atoms with Crippen LogP contribution in [0.5, 0.6) is 5.75 Å². The number of nitrogens with zero attached hydrogens (tertiary/aromatic N) is 2. The number of H-pyrrole nitrogens is 1. The van der Waals surface area contributed by atoms with E-state index in [4.69, 9.17) is 4.98 Å². The Hall–Kier alpha value is -4.12. The monoisotopic (exact) mass is 477 g/mol. The summed E-state index contributed by atoms with van der Waals surface area (Å²) >= 11 is 0. The number of aromatic nitrogens is 3. The number of aromatic hydroxyl groups is 1. The quantitative estimate of drug-likeness (QED) is 0.319. The summed E-state index contributed by atoms with van der Waals surface area (Å²) < 4.78 is 1.65. The van der Waals surface area contributed by atoms with E-state index in [1.54, 1.807) is 16.7 Å². The van der Waals surface area contributed by atoms with E-state index in [0.717, 1.165) is 28.1 Å². The summed E-state index contributed by atoms with van der Waals surface area (Å²) in [7, 11) is 0. The molecule has 2 N–H and O–H groups in total. The van der Waals surface area contributed by atoms with E-state index in [1.165, 1.54) is 11.1 Å². The fourth-order valence-electron chi connectivity index (χ4n) is 4.43. The second kappa shape index (κ2) is 9.15. The van der Waals surface area contributed by atoms with Crippen molar-refractivity contribution in [2.45, 2.75) is 46.0 Å². The van der Waals surface area contributed by atoms with Gasteiger partial charge in [0.05, 0.1) is 11.4 Å². The molecule has 0 bridgehead atoms. The van der Waals surface area contributed by atoms with E-state index in [0.29, 0.717) is 24.4 Å². The molecule has 2 aliphatic heterocycles. The predicted molar refractivity (Wildman–Crippen MR) is 144 cm³/mol. The number of hydrogen-bond acceptors (Lipinski definition) is 3. The summed E-state index contributed by atoms with van der Waals surface area (Å²) in [5.41, 5.74) is 7.71. The molecule has 3 aromatic carbocycles. The van der Waals surface area contributed by atoms with Crippen molar-refractivity contribution >= 4 is 0 Å². The molecule has 0 unspecified atom stereocenters. The summed E-state index contributed by atoms with van der Waals surface area (Å²) in [4.78, 5) is 21.8. The second-order valence-electron chi connectivity index (χ2n) is 10.5. The van der Waals surface area contributed by atoms with E-state index in [9.17, 15) is 9.90 Å². The minimum absolute atomic E-state index is 0.0854. The van der Waals surface area contributed by atoms with Crippen molar-refractivity contribution in [2.24, 2.45) is 0 Å². The van der Waals surface area contributed by atoms with Crippen molar-refractivity contribution in [3.8, 4) is 22.8 Å². The zero-order chi connectivity index (χ0) is 25.4. The Morgan fingerprint density at radius 1 is 0.861 bits per heavy atom. The molecule has 2 aliphatic rings. The van der Waals surface area contributed by atoms with Crippen LogP contribution in [-0.4, -0.2) is 19.6 Å². The molecule has 0 aliphatic carbocycles. The Bertz CT molecular complexity index is 1520. The first-order valence-corrected chi connectivity index (χ1v) is 12.2. The lowest BCUT2D eigenvalue weighted by Crippen LogP contribution is -2.18. The van der Waals surface area contributed by atoms with Gasteiger partial charge in [-0.15, -0.1) is 0 Å². The zero-order valence-corrected chi connectivity index (χ0v) is 21.2. The van der Waals surface area contributed by atoms with Crippen LogP contribution < -0.4 is 5.56 Å². The molecule has 0 amide bonds. The summed E-state index contributed by atoms with van der Waals surface area (Å²) in [5.74, 6) is 0.844. The Morgan fingerprint density at radius 2 is 1.47 bits per heavy atom. The predicted octanol–water partition coefficient (Wildman–Crippen LogP) is 6.16. The second-order valence-corrected chi connectivity index (χ2v) is 10.5. The van der Waals surface area contributed by atoms with Gasteiger partial charge in [0.25, 0.3) is 5.56 Å². The minimum atomic E-state index is -0.107. The summed E-state index contributed by atoms with van der Waals surface area (Å²) in [6.07, 6.45) is 2.90. The number of phenols is 1. The zero-order valence-electron chi connectivity index (χ0n) is 21.2. The standard InChI is InChI=1S/C31H31N3O2/c1-20-5-7-21(8-6-20)18-27-30(36)34-19-28(23-11-15-25(35)16-12-23)32-26(29(34)33-27)17-22-9-13-24(14-10-22)31(2,3)4/h5-16,19,32,35H,17-18H2,1-4H3. The average Bonchev–Trinajstić information content (AvgIpc) is 3.16. The topological polar surface area (TPSA) is 70.9 Å². The van der Waals surface area contributed by atoms with E-state index in [1.807, 2.05) is 30.5 Å². The van der Waals surface area contributed by atoms with Crippen LogP contribution in [0.2, 0.25) is 0 Å². The van der Waals surface area contributed by atoms with Crippen molar-refractivity contribution in [1.82, 2.24) is 14.5 Å². The van der Waals surface area contributed by atoms with Gasteiger partial charge in [-0.05, 0) is 58.9 Å². The number of nitrogens with one attached hydrogen (secondary N) is 1. The van der Waals surface area contributed by atoms with Gasteiger partial charge in [0.2, 0.25) is 0 Å². The highest BCUT2D eigenvalue weighted by atomic mass is 16.3. The van der Waals surface area contributed by atoms with Crippen molar-refractivity contribution in [2.75, 3.05) is 0 Å². The third kappa shape index (κ3) is 4.82. The number of aryl methyl sites for hydroxylation is 1. The minimum Gasteiger partial charge on any atom is -0.508 e. The third-order valence-electron chi connectivity index (χ3n) is 6.62. The van der Waals surface area contributed by atoms with E-state index in [-0.39, 0.29) is 16.7 Å². The smallest absolute Gasteiger partial charge is 0.278 e. The lowest BCUT2D eigenvalue weighted by molar-refractivity contribution is 0.475. The molecule has 0 saturated carbocycles. The van der Waals surface area contributed by atoms with Crippen LogP contribution in [-0.2, 0) is 18.3 Å². The molecule has 36 heavy (non-hydrogen) atoms. The molecule has 3 aromatic rings. The number of aromatic amines is 1. The highest BCUT2D eigenvalue weighted by Crippen LogP contribution is 2.27. The summed E-state index contributed by atoms with van der Waals surface area (Å²) in [5, 5.41) is 9.73. The van der Waals surface area contributed by atoms with Gasteiger partial charge in [0.15, 0.2) is 5.82 Å². The fraction of sp³-hybridized carbons (Fsp3) is 0.226. The molecule has 0 radical (unpaired) electrons. The van der Waals surface area contributed by atoms with Crippen LogP contribution in [0, 0.1) is 6.92 Å². The first-order valence-electron chi connectivity index (χ1n) is 12.2. The normalized spacial score (nSPS) is 11.8. The number of phenolic OH excluding ortho intramolecular Hbond substituents is 1. The molecule has 0 fully saturated rings. The molecule has 5 nitrogen and oxygen atoms in total. The Kier molecular flexibility index (Phi) is 6.00. The van der Waals surface area contributed by atoms with Gasteiger partial charge >= 0.3 is 0 Å². The molecule has 0 aromatic heterocycles. The summed E-state index contributed by atoms with van der Waals surface area (Å²) in [6.45, 7) is 8.66. The van der Waals surface area contributed by atoms with E-state index in [2.05, 4.69) is 69.1 Å². The van der Waals surface area contributed by atoms with Gasteiger partial charge in [0.1, 0.15) is 11.4 Å². The van der Waals surface area contributed by atoms with Gasteiger partial charge in [0, 0.05) is 19.0 Å². The lowest BCUT2D eigenvalue weighted by Gasteiger charge is -2.19. The van der Waals surface area contributed by atoms with Gasteiger partial charge < -0.3 is 10.1 Å². The number of rotatable bonds is 5. The van der Waals surface area contributed by atoms with Crippen molar-refractivity contribution in [3.63, 3.8) is 0 Å². The van der Waals surface area contributed by atoms with Gasteiger partial charge in [-0.25, -0.2) is 4.98 Å². The SMILES string of the molecule is Cc1ccc(Cc2nc3c(Cc4ccc(C(C)(C)C)cc4)[nH]c(-c4ccc(O)cc4)cn-3c2=O)cc1. The maximum absolute atomic E-state index is 13.4. The molecule has 0 atom stereocenters. The van der Waals surface area contributed by atoms with Crippen molar-refractivity contribution < 1.29 is 5.11 Å². The molecular weight excluding hydrogens is 446 g/mol. The maximum Gasteiger partial charge on any atom is 0.278 e. The van der Waals surface area contributed by atoms with Crippen LogP contribution in [0.15, 0.2) is 83.8 Å². The Morgan fingerprint density at radius 3 is 2.11 bits per heavy atom. The number of fused-ring (bicyclic) bond motifs is 1. The van der Waals surface area contributed by atoms with E-state index >= 15 is 0 Å². The van der Waals surface area contributed by atoms with Gasteiger partial charge in [-0.2, -0.15) is 0 Å². The summed E-state index contributed by atoms with van der Waals surface area (Å²) in [6, 6.07) is 23.8. The highest BCUT2D eigenvalue weighted by molar-refractivity contribution is 5.61. The van der Waals surface area contributed by atoms with Crippen molar-refractivity contribution in [3.05, 3.63) is 123 Å². The first kappa shape index (κ1) is 23.6. The molecule has 182 valence electrons. The molecule has 5 heteroatoms. The van der Waals surface area contributed by atoms with Crippen LogP contribution in [0.25, 0.3) is 17.1 Å². The van der Waals surface area contributed by atoms with Crippen LogP contribution >= 0.6 is 0 Å². The van der Waals surface area contributed by atoms with Gasteiger partial charge in [-0.3, -0.25) is 9.36 Å². The number of imidazole rings is 1. The average molecular weight is 478 g/mol. The Balaban J connectivity index is 1.59. The fourth-order valence-corrected chi connectivity index (χ4v) is 4.43. The molecular formula is C31H31N3O2. The molecule has 2 heterocycles. The largest absolute Gasteiger partial charge is 0.508 e. The van der Waals surface area contributed by atoms with Gasteiger partial charge in [-0.1, -0.05) is 74.9 Å². The Labute approximate surface area is 211 Å². The van der Waals surface area contributed by atoms with Crippen molar-refractivity contribution in [1.29, 1.82) is 0 Å². The van der Waals surface area contributed by atoms with Crippen LogP contribution in [0.1, 0.15) is 54.4 Å². The number of benzene rings is 3. The van der Waals surface area contributed by atoms with Crippen LogP contribution in [0.3, 0.4) is 0 Å². The number of hydrogen-bond donors (Lipinski definition) is 2. The molecule has 0 spiro atoms.